The number of hydrogen-bond acceptors (Lipinski definition) is 3. The SMILES string of the molecule is CC(C)(C)OC(=O)CCS(=O)c1ccc(F)cc1F. The monoisotopic (exact) mass is 290 g/mol. The van der Waals surface area contributed by atoms with E-state index in [1.54, 1.807) is 20.8 Å². The number of benzene rings is 1. The van der Waals surface area contributed by atoms with E-state index < -0.39 is 34.0 Å². The van der Waals surface area contributed by atoms with Gasteiger partial charge in [-0.2, -0.15) is 0 Å². The quantitative estimate of drug-likeness (QED) is 0.801. The fourth-order valence-electron chi connectivity index (χ4n) is 1.34. The zero-order chi connectivity index (χ0) is 14.6. The first kappa shape index (κ1) is 15.8. The van der Waals surface area contributed by atoms with Crippen molar-refractivity contribution < 1.29 is 22.5 Å². The number of halogens is 2. The van der Waals surface area contributed by atoms with Crippen LogP contribution < -0.4 is 0 Å². The molecule has 0 amide bonds. The van der Waals surface area contributed by atoms with Crippen LogP contribution >= 0.6 is 0 Å². The molecule has 0 aliphatic rings. The van der Waals surface area contributed by atoms with Gasteiger partial charge in [-0.05, 0) is 32.9 Å². The summed E-state index contributed by atoms with van der Waals surface area (Å²) in [5.74, 6) is -2.16. The Hall–Kier alpha value is -1.30. The van der Waals surface area contributed by atoms with Crippen LogP contribution in [0.5, 0.6) is 0 Å². The Bertz CT molecular complexity index is 495. The Morgan fingerprint density at radius 2 is 1.95 bits per heavy atom. The fraction of sp³-hybridized carbons (Fsp3) is 0.462. The second kappa shape index (κ2) is 6.23. The minimum Gasteiger partial charge on any atom is -0.460 e. The van der Waals surface area contributed by atoms with Gasteiger partial charge in [-0.3, -0.25) is 9.00 Å². The summed E-state index contributed by atoms with van der Waals surface area (Å²) in [5, 5.41) is 0. The zero-order valence-corrected chi connectivity index (χ0v) is 11.9. The number of rotatable bonds is 4. The average Bonchev–Trinajstić information content (AvgIpc) is 2.23. The molecule has 0 heterocycles. The fourth-order valence-corrected chi connectivity index (χ4v) is 2.41. The van der Waals surface area contributed by atoms with E-state index in [4.69, 9.17) is 4.74 Å². The summed E-state index contributed by atoms with van der Waals surface area (Å²) in [6.07, 6.45) is -0.0826. The van der Waals surface area contributed by atoms with Gasteiger partial charge >= 0.3 is 5.97 Å². The summed E-state index contributed by atoms with van der Waals surface area (Å²) in [7, 11) is -1.69. The van der Waals surface area contributed by atoms with Gasteiger partial charge in [-0.25, -0.2) is 8.78 Å². The van der Waals surface area contributed by atoms with Gasteiger partial charge in [0.05, 0.1) is 22.1 Å². The van der Waals surface area contributed by atoms with Gasteiger partial charge in [-0.15, -0.1) is 0 Å². The highest BCUT2D eigenvalue weighted by Crippen LogP contribution is 2.15. The lowest BCUT2D eigenvalue weighted by Gasteiger charge is -2.19. The Morgan fingerprint density at radius 1 is 1.32 bits per heavy atom. The first-order valence-corrected chi connectivity index (χ1v) is 7.06. The van der Waals surface area contributed by atoms with Gasteiger partial charge in [0.15, 0.2) is 0 Å². The van der Waals surface area contributed by atoms with E-state index in [0.717, 1.165) is 12.1 Å². The van der Waals surface area contributed by atoms with Crippen molar-refractivity contribution in [2.45, 2.75) is 37.7 Å². The molecule has 0 aliphatic carbocycles. The van der Waals surface area contributed by atoms with E-state index in [0.29, 0.717) is 6.07 Å². The maximum Gasteiger partial charge on any atom is 0.307 e. The van der Waals surface area contributed by atoms with Crippen LogP contribution in [0.3, 0.4) is 0 Å². The van der Waals surface area contributed by atoms with Crippen molar-refractivity contribution in [1.82, 2.24) is 0 Å². The van der Waals surface area contributed by atoms with Crippen LogP contribution in [-0.2, 0) is 20.3 Å². The maximum absolute atomic E-state index is 13.3. The van der Waals surface area contributed by atoms with Gasteiger partial charge in [0, 0.05) is 11.8 Å². The molecule has 1 rings (SSSR count). The van der Waals surface area contributed by atoms with Crippen molar-refractivity contribution in [1.29, 1.82) is 0 Å². The van der Waals surface area contributed by atoms with Crippen molar-refractivity contribution in [3.05, 3.63) is 29.8 Å². The third-order valence-corrected chi connectivity index (χ3v) is 3.45. The molecule has 0 bridgehead atoms. The predicted molar refractivity (Wildman–Crippen MR) is 68.1 cm³/mol. The Kier molecular flexibility index (Phi) is 5.17. The van der Waals surface area contributed by atoms with Gasteiger partial charge < -0.3 is 4.74 Å². The van der Waals surface area contributed by atoms with Crippen LogP contribution in [0, 0.1) is 11.6 Å². The number of carbonyl (C=O) groups is 1. The van der Waals surface area contributed by atoms with E-state index >= 15 is 0 Å². The lowest BCUT2D eigenvalue weighted by molar-refractivity contribution is -0.154. The highest BCUT2D eigenvalue weighted by atomic mass is 32.2. The minimum atomic E-state index is -1.69. The number of esters is 1. The van der Waals surface area contributed by atoms with Gasteiger partial charge in [0.2, 0.25) is 0 Å². The molecule has 19 heavy (non-hydrogen) atoms. The third-order valence-electron chi connectivity index (χ3n) is 2.05. The highest BCUT2D eigenvalue weighted by Gasteiger charge is 2.18. The summed E-state index contributed by atoms with van der Waals surface area (Å²) < 4.78 is 42.9. The molecule has 0 fully saturated rings. The normalized spacial score (nSPS) is 13.1. The minimum absolute atomic E-state index is 0.0581. The third kappa shape index (κ3) is 5.46. The first-order chi connectivity index (χ1) is 8.69. The Labute approximate surface area is 113 Å². The number of ether oxygens (including phenoxy) is 1. The van der Waals surface area contributed by atoms with E-state index in [1.165, 1.54) is 0 Å². The molecule has 0 saturated heterocycles. The van der Waals surface area contributed by atoms with Crippen molar-refractivity contribution >= 4 is 16.8 Å². The van der Waals surface area contributed by atoms with E-state index in [2.05, 4.69) is 0 Å². The van der Waals surface area contributed by atoms with Crippen LogP contribution in [0.2, 0.25) is 0 Å². The van der Waals surface area contributed by atoms with E-state index in [-0.39, 0.29) is 17.1 Å². The molecular weight excluding hydrogens is 274 g/mol. The molecule has 1 unspecified atom stereocenters. The summed E-state index contributed by atoms with van der Waals surface area (Å²) in [6, 6.07) is 2.82. The molecule has 6 heteroatoms. The van der Waals surface area contributed by atoms with E-state index in [1.807, 2.05) is 0 Å². The number of carbonyl (C=O) groups excluding carboxylic acids is 1. The predicted octanol–water partition coefficient (Wildman–Crippen LogP) is 2.80. The average molecular weight is 290 g/mol. The second-order valence-corrected chi connectivity index (χ2v) is 6.50. The molecular formula is C13H16F2O3S. The van der Waals surface area contributed by atoms with Crippen LogP contribution in [0.1, 0.15) is 27.2 Å². The van der Waals surface area contributed by atoms with Gasteiger partial charge in [0.25, 0.3) is 0 Å². The molecule has 106 valence electrons. The molecule has 1 aromatic rings. The molecule has 0 N–H and O–H groups in total. The van der Waals surface area contributed by atoms with E-state index in [9.17, 15) is 17.8 Å². The molecule has 0 spiro atoms. The summed E-state index contributed by atoms with van der Waals surface area (Å²) in [6.45, 7) is 5.17. The zero-order valence-electron chi connectivity index (χ0n) is 11.0. The lowest BCUT2D eigenvalue weighted by Crippen LogP contribution is -2.24. The van der Waals surface area contributed by atoms with Gasteiger partial charge in [-0.1, -0.05) is 0 Å². The van der Waals surface area contributed by atoms with Crippen LogP contribution in [0.4, 0.5) is 8.78 Å². The highest BCUT2D eigenvalue weighted by molar-refractivity contribution is 7.85. The van der Waals surface area contributed by atoms with Crippen molar-refractivity contribution in [3.8, 4) is 0 Å². The Morgan fingerprint density at radius 3 is 2.47 bits per heavy atom. The molecule has 1 atom stereocenters. The second-order valence-electron chi connectivity index (χ2n) is 4.96. The largest absolute Gasteiger partial charge is 0.460 e. The topological polar surface area (TPSA) is 43.4 Å². The molecule has 0 aliphatic heterocycles. The van der Waals surface area contributed by atoms with Crippen molar-refractivity contribution in [3.63, 3.8) is 0 Å². The Balaban J connectivity index is 2.59. The number of hydrogen-bond donors (Lipinski definition) is 0. The van der Waals surface area contributed by atoms with Crippen LogP contribution in [0.15, 0.2) is 23.1 Å². The molecule has 0 radical (unpaired) electrons. The molecule has 0 saturated carbocycles. The molecule has 1 aromatic carbocycles. The lowest BCUT2D eigenvalue weighted by atomic mass is 10.2. The van der Waals surface area contributed by atoms with Crippen molar-refractivity contribution in [2.24, 2.45) is 0 Å². The summed E-state index contributed by atoms with van der Waals surface area (Å²) in [5.41, 5.74) is -0.611. The standard InChI is InChI=1S/C13H16F2O3S/c1-13(2,3)18-12(16)6-7-19(17)11-5-4-9(14)8-10(11)15/h4-5,8H,6-7H2,1-3H3. The summed E-state index contributed by atoms with van der Waals surface area (Å²) in [4.78, 5) is 11.3. The van der Waals surface area contributed by atoms with Crippen LogP contribution in [-0.4, -0.2) is 21.5 Å². The van der Waals surface area contributed by atoms with Crippen LogP contribution in [0.25, 0.3) is 0 Å². The molecule has 3 nitrogen and oxygen atoms in total. The van der Waals surface area contributed by atoms with Gasteiger partial charge in [0.1, 0.15) is 17.2 Å². The first-order valence-electron chi connectivity index (χ1n) is 5.74. The smallest absolute Gasteiger partial charge is 0.307 e. The van der Waals surface area contributed by atoms with Crippen molar-refractivity contribution in [2.75, 3.05) is 5.75 Å². The molecule has 0 aromatic heterocycles. The maximum atomic E-state index is 13.3. The summed E-state index contributed by atoms with van der Waals surface area (Å²) >= 11 is 0.